The summed E-state index contributed by atoms with van der Waals surface area (Å²) >= 11 is 0. The van der Waals surface area contributed by atoms with Crippen LogP contribution < -0.4 is 16.4 Å². The predicted molar refractivity (Wildman–Crippen MR) is 73.7 cm³/mol. The second-order valence-corrected chi connectivity index (χ2v) is 4.59. The number of nitrogens with one attached hydrogen (secondary N) is 2. The summed E-state index contributed by atoms with van der Waals surface area (Å²) in [5.41, 5.74) is 7.67. The first kappa shape index (κ1) is 13.4. The van der Waals surface area contributed by atoms with E-state index in [2.05, 4.69) is 10.6 Å². The zero-order valence-corrected chi connectivity index (χ0v) is 10.9. The van der Waals surface area contributed by atoms with Crippen molar-refractivity contribution >= 4 is 23.2 Å². The Morgan fingerprint density at radius 1 is 1.32 bits per heavy atom. The summed E-state index contributed by atoms with van der Waals surface area (Å²) in [5.74, 6) is -1.15. The molecule has 0 saturated carbocycles. The Hall–Kier alpha value is -2.08. The van der Waals surface area contributed by atoms with Crippen molar-refractivity contribution in [1.29, 1.82) is 0 Å². The second-order valence-electron chi connectivity index (χ2n) is 4.59. The van der Waals surface area contributed by atoms with Gasteiger partial charge >= 0.3 is 11.8 Å². The van der Waals surface area contributed by atoms with E-state index in [1.807, 2.05) is 13.0 Å². The molecule has 6 heteroatoms. The van der Waals surface area contributed by atoms with Gasteiger partial charge in [0.25, 0.3) is 0 Å². The van der Waals surface area contributed by atoms with Crippen LogP contribution in [0.2, 0.25) is 0 Å². The van der Waals surface area contributed by atoms with Crippen molar-refractivity contribution in [3.8, 4) is 0 Å². The fourth-order valence-corrected chi connectivity index (χ4v) is 1.97. The molecule has 6 nitrogen and oxygen atoms in total. The molecule has 0 aliphatic carbocycles. The van der Waals surface area contributed by atoms with Gasteiger partial charge in [-0.25, -0.2) is 0 Å². The monoisotopic (exact) mass is 262 g/mol. The molecule has 0 radical (unpaired) electrons. The minimum absolute atomic E-state index is 0.451. The maximum absolute atomic E-state index is 11.9. The van der Waals surface area contributed by atoms with Gasteiger partial charge in [-0.3, -0.25) is 9.59 Å². The zero-order valence-electron chi connectivity index (χ0n) is 10.9. The molecule has 1 fully saturated rings. The number of nitrogens with zero attached hydrogens (tertiary/aromatic N) is 1. The van der Waals surface area contributed by atoms with Gasteiger partial charge in [0.2, 0.25) is 0 Å². The lowest BCUT2D eigenvalue weighted by molar-refractivity contribution is -0.143. The van der Waals surface area contributed by atoms with E-state index in [4.69, 9.17) is 5.73 Å². The van der Waals surface area contributed by atoms with Crippen LogP contribution in [-0.4, -0.2) is 42.9 Å². The van der Waals surface area contributed by atoms with Gasteiger partial charge in [0.1, 0.15) is 0 Å². The van der Waals surface area contributed by atoms with Crippen LogP contribution in [0.25, 0.3) is 0 Å². The lowest BCUT2D eigenvalue weighted by Gasteiger charge is -2.26. The van der Waals surface area contributed by atoms with E-state index < -0.39 is 11.8 Å². The number of amides is 2. The Morgan fingerprint density at radius 2 is 2.00 bits per heavy atom. The largest absolute Gasteiger partial charge is 0.397 e. The SMILES string of the molecule is Cc1ccc(N)c(NC(=O)C(=O)N2CCNCC2)c1. The number of nitrogen functional groups attached to an aromatic ring is 1. The Kier molecular flexibility index (Phi) is 4.01. The molecule has 1 aliphatic heterocycles. The number of carbonyl (C=O) groups excluding carboxylic acids is 2. The van der Waals surface area contributed by atoms with E-state index in [0.717, 1.165) is 5.56 Å². The molecule has 2 rings (SSSR count). The van der Waals surface area contributed by atoms with Crippen LogP contribution in [0.4, 0.5) is 11.4 Å². The van der Waals surface area contributed by atoms with Crippen molar-refractivity contribution in [1.82, 2.24) is 10.2 Å². The standard InChI is InChI=1S/C13H18N4O2/c1-9-2-3-10(14)11(8-9)16-12(18)13(19)17-6-4-15-5-7-17/h2-3,8,15H,4-7,14H2,1H3,(H,16,18). The molecule has 2 amide bonds. The molecule has 102 valence electrons. The first-order chi connectivity index (χ1) is 9.08. The molecule has 0 aromatic heterocycles. The van der Waals surface area contributed by atoms with Crippen LogP contribution in [0, 0.1) is 6.92 Å². The third-order valence-corrected chi connectivity index (χ3v) is 3.06. The minimum Gasteiger partial charge on any atom is -0.397 e. The average Bonchev–Trinajstić information content (AvgIpc) is 2.43. The molecule has 0 spiro atoms. The Morgan fingerprint density at radius 3 is 2.68 bits per heavy atom. The molecular formula is C13H18N4O2. The van der Waals surface area contributed by atoms with Gasteiger partial charge in [-0.15, -0.1) is 0 Å². The van der Waals surface area contributed by atoms with Gasteiger partial charge in [0.05, 0.1) is 11.4 Å². The van der Waals surface area contributed by atoms with E-state index in [1.165, 1.54) is 4.90 Å². The number of nitrogens with two attached hydrogens (primary N) is 1. The van der Waals surface area contributed by atoms with Gasteiger partial charge in [-0.05, 0) is 24.6 Å². The number of hydrogen-bond donors (Lipinski definition) is 3. The molecule has 1 aromatic carbocycles. The van der Waals surface area contributed by atoms with Crippen LogP contribution in [-0.2, 0) is 9.59 Å². The molecule has 19 heavy (non-hydrogen) atoms. The zero-order chi connectivity index (χ0) is 13.8. The van der Waals surface area contributed by atoms with Gasteiger partial charge in [0, 0.05) is 26.2 Å². The second kappa shape index (κ2) is 5.71. The number of piperazine rings is 1. The average molecular weight is 262 g/mol. The molecule has 1 aromatic rings. The van der Waals surface area contributed by atoms with Crippen molar-refractivity contribution in [2.24, 2.45) is 0 Å². The molecule has 0 bridgehead atoms. The van der Waals surface area contributed by atoms with Crippen LogP contribution in [0.15, 0.2) is 18.2 Å². The number of benzene rings is 1. The maximum Gasteiger partial charge on any atom is 0.313 e. The highest BCUT2D eigenvalue weighted by molar-refractivity contribution is 6.39. The van der Waals surface area contributed by atoms with Gasteiger partial charge in [-0.2, -0.15) is 0 Å². The number of rotatable bonds is 1. The van der Waals surface area contributed by atoms with Gasteiger partial charge in [0.15, 0.2) is 0 Å². The Labute approximate surface area is 112 Å². The van der Waals surface area contributed by atoms with E-state index in [0.29, 0.717) is 37.6 Å². The van der Waals surface area contributed by atoms with Crippen molar-refractivity contribution in [2.45, 2.75) is 6.92 Å². The highest BCUT2D eigenvalue weighted by Crippen LogP contribution is 2.19. The summed E-state index contributed by atoms with van der Waals surface area (Å²) < 4.78 is 0. The van der Waals surface area contributed by atoms with Gasteiger partial charge in [-0.1, -0.05) is 6.07 Å². The summed E-state index contributed by atoms with van der Waals surface area (Å²) in [5, 5.41) is 5.70. The fraction of sp³-hybridized carbons (Fsp3) is 0.385. The highest BCUT2D eigenvalue weighted by atomic mass is 16.2. The summed E-state index contributed by atoms with van der Waals surface area (Å²) in [6.45, 7) is 4.43. The molecule has 0 atom stereocenters. The Bertz CT molecular complexity index is 495. The van der Waals surface area contributed by atoms with Crippen molar-refractivity contribution < 1.29 is 9.59 Å². The highest BCUT2D eigenvalue weighted by Gasteiger charge is 2.23. The molecule has 1 heterocycles. The number of carbonyl (C=O) groups is 2. The molecule has 1 aliphatic rings. The first-order valence-electron chi connectivity index (χ1n) is 6.25. The van der Waals surface area contributed by atoms with E-state index >= 15 is 0 Å². The molecule has 0 unspecified atom stereocenters. The van der Waals surface area contributed by atoms with Crippen LogP contribution in [0.5, 0.6) is 0 Å². The van der Waals surface area contributed by atoms with Crippen LogP contribution >= 0.6 is 0 Å². The van der Waals surface area contributed by atoms with E-state index in [-0.39, 0.29) is 0 Å². The summed E-state index contributed by atoms with van der Waals surface area (Å²) in [6.07, 6.45) is 0. The lowest BCUT2D eigenvalue weighted by Crippen LogP contribution is -2.49. The lowest BCUT2D eigenvalue weighted by atomic mass is 10.2. The fourth-order valence-electron chi connectivity index (χ4n) is 1.97. The van der Waals surface area contributed by atoms with E-state index in [9.17, 15) is 9.59 Å². The molecule has 4 N–H and O–H groups in total. The number of hydrogen-bond acceptors (Lipinski definition) is 4. The third kappa shape index (κ3) is 3.23. The predicted octanol–water partition coefficient (Wildman–Crippen LogP) is -0.0525. The smallest absolute Gasteiger partial charge is 0.313 e. The third-order valence-electron chi connectivity index (χ3n) is 3.06. The minimum atomic E-state index is -0.640. The summed E-state index contributed by atoms with van der Waals surface area (Å²) in [7, 11) is 0. The van der Waals surface area contributed by atoms with Crippen molar-refractivity contribution in [3.05, 3.63) is 23.8 Å². The van der Waals surface area contributed by atoms with Crippen LogP contribution in [0.3, 0.4) is 0 Å². The van der Waals surface area contributed by atoms with Gasteiger partial charge < -0.3 is 21.3 Å². The van der Waals surface area contributed by atoms with Crippen molar-refractivity contribution in [2.75, 3.05) is 37.2 Å². The molecular weight excluding hydrogens is 244 g/mol. The summed E-state index contributed by atoms with van der Waals surface area (Å²) in [6, 6.07) is 5.31. The summed E-state index contributed by atoms with van der Waals surface area (Å²) in [4.78, 5) is 25.4. The quantitative estimate of drug-likeness (QED) is 0.489. The Balaban J connectivity index is 2.03. The normalized spacial score (nSPS) is 15.1. The maximum atomic E-state index is 11.9. The van der Waals surface area contributed by atoms with E-state index in [1.54, 1.807) is 12.1 Å². The molecule has 1 saturated heterocycles. The van der Waals surface area contributed by atoms with Crippen molar-refractivity contribution in [3.63, 3.8) is 0 Å². The van der Waals surface area contributed by atoms with Crippen LogP contribution in [0.1, 0.15) is 5.56 Å². The number of aryl methyl sites for hydroxylation is 1. The first-order valence-corrected chi connectivity index (χ1v) is 6.25. The number of anilines is 2. The topological polar surface area (TPSA) is 87.5 Å².